The van der Waals surface area contributed by atoms with Gasteiger partial charge in [-0.05, 0) is 30.5 Å². The summed E-state index contributed by atoms with van der Waals surface area (Å²) in [7, 11) is 0. The number of amides is 1. The summed E-state index contributed by atoms with van der Waals surface area (Å²) in [6.45, 7) is 2.11. The quantitative estimate of drug-likeness (QED) is 0.504. The van der Waals surface area contributed by atoms with Gasteiger partial charge < -0.3 is 4.90 Å². The number of carbonyl (C=O) groups is 1. The number of fused-ring (bicyclic) bond motifs is 1. The van der Waals surface area contributed by atoms with Crippen LogP contribution >= 0.6 is 11.8 Å². The number of carbonyl (C=O) groups excluding carboxylic acids is 1. The molecule has 134 valence electrons. The fourth-order valence-electron chi connectivity index (χ4n) is 2.93. The van der Waals surface area contributed by atoms with Gasteiger partial charge in [0.1, 0.15) is 17.2 Å². The molecule has 1 aromatic carbocycles. The highest BCUT2D eigenvalue weighted by atomic mass is 32.2. The van der Waals surface area contributed by atoms with Gasteiger partial charge in [0, 0.05) is 13.1 Å². The Labute approximate surface area is 153 Å². The molecule has 0 N–H and O–H groups in total. The second kappa shape index (κ2) is 7.36. The second-order valence-electron chi connectivity index (χ2n) is 6.10. The summed E-state index contributed by atoms with van der Waals surface area (Å²) < 4.78 is 14.7. The molecule has 1 saturated heterocycles. The van der Waals surface area contributed by atoms with E-state index in [4.69, 9.17) is 0 Å². The van der Waals surface area contributed by atoms with Gasteiger partial charge in [-0.15, -0.1) is 5.10 Å². The van der Waals surface area contributed by atoms with E-state index in [0.717, 1.165) is 31.5 Å². The lowest BCUT2D eigenvalue weighted by atomic mass is 10.2. The zero-order chi connectivity index (χ0) is 17.9. The molecule has 0 unspecified atom stereocenters. The third kappa shape index (κ3) is 3.52. The molecular formula is C17H17FN6OS. The standard InChI is InChI=1S/C17H17FN6OS/c18-13-5-3-12(4-6-13)9-24-16-15(21-22-24)17(20-11-19-16)26-10-14(25)23-7-1-2-8-23/h3-6,11H,1-2,7-10H2. The monoisotopic (exact) mass is 372 g/mol. The molecule has 0 bridgehead atoms. The predicted octanol–water partition coefficient (Wildman–Crippen LogP) is 2.12. The van der Waals surface area contributed by atoms with Crippen molar-refractivity contribution in [3.63, 3.8) is 0 Å². The van der Waals surface area contributed by atoms with Crippen molar-refractivity contribution in [1.29, 1.82) is 0 Å². The Hall–Kier alpha value is -2.55. The first-order valence-electron chi connectivity index (χ1n) is 8.40. The molecule has 3 heterocycles. The topological polar surface area (TPSA) is 76.8 Å². The van der Waals surface area contributed by atoms with Crippen LogP contribution in [0.4, 0.5) is 4.39 Å². The minimum Gasteiger partial charge on any atom is -0.342 e. The third-order valence-electron chi connectivity index (χ3n) is 4.30. The van der Waals surface area contributed by atoms with Gasteiger partial charge in [0.25, 0.3) is 0 Å². The molecule has 1 aliphatic rings. The first kappa shape index (κ1) is 16.9. The van der Waals surface area contributed by atoms with Crippen LogP contribution in [-0.4, -0.2) is 54.6 Å². The van der Waals surface area contributed by atoms with E-state index in [2.05, 4.69) is 20.3 Å². The fourth-order valence-corrected chi connectivity index (χ4v) is 3.77. The Morgan fingerprint density at radius 3 is 2.69 bits per heavy atom. The number of hydrogen-bond donors (Lipinski definition) is 0. The molecule has 1 aliphatic heterocycles. The molecule has 2 aromatic heterocycles. The maximum Gasteiger partial charge on any atom is 0.232 e. The lowest BCUT2D eigenvalue weighted by molar-refractivity contribution is -0.127. The first-order valence-corrected chi connectivity index (χ1v) is 9.38. The predicted molar refractivity (Wildman–Crippen MR) is 95.2 cm³/mol. The maximum absolute atomic E-state index is 13.0. The normalized spacial score (nSPS) is 14.3. The van der Waals surface area contributed by atoms with Gasteiger partial charge in [0.2, 0.25) is 5.91 Å². The summed E-state index contributed by atoms with van der Waals surface area (Å²) >= 11 is 1.36. The number of rotatable bonds is 5. The molecule has 9 heteroatoms. The maximum atomic E-state index is 13.0. The van der Waals surface area contributed by atoms with Gasteiger partial charge in [-0.2, -0.15) is 0 Å². The second-order valence-corrected chi connectivity index (χ2v) is 7.07. The largest absolute Gasteiger partial charge is 0.342 e. The van der Waals surface area contributed by atoms with Crippen LogP contribution < -0.4 is 0 Å². The van der Waals surface area contributed by atoms with Crippen molar-refractivity contribution >= 4 is 28.8 Å². The zero-order valence-electron chi connectivity index (χ0n) is 14.0. The van der Waals surface area contributed by atoms with Crippen LogP contribution in [-0.2, 0) is 11.3 Å². The summed E-state index contributed by atoms with van der Waals surface area (Å²) in [5, 5.41) is 8.96. The van der Waals surface area contributed by atoms with Crippen molar-refractivity contribution in [3.05, 3.63) is 42.0 Å². The van der Waals surface area contributed by atoms with Gasteiger partial charge in [0.15, 0.2) is 11.2 Å². The average Bonchev–Trinajstić information content (AvgIpc) is 3.32. The van der Waals surface area contributed by atoms with Crippen LogP contribution in [0, 0.1) is 5.82 Å². The van der Waals surface area contributed by atoms with Crippen molar-refractivity contribution in [2.75, 3.05) is 18.8 Å². The Bertz CT molecular complexity index is 923. The van der Waals surface area contributed by atoms with Crippen molar-refractivity contribution in [1.82, 2.24) is 29.9 Å². The van der Waals surface area contributed by atoms with Crippen LogP contribution in [0.2, 0.25) is 0 Å². The highest BCUT2D eigenvalue weighted by Gasteiger charge is 2.19. The van der Waals surface area contributed by atoms with E-state index in [1.165, 1.54) is 30.2 Å². The Kier molecular flexibility index (Phi) is 4.79. The van der Waals surface area contributed by atoms with E-state index in [0.29, 0.717) is 28.5 Å². The Morgan fingerprint density at radius 2 is 1.92 bits per heavy atom. The molecule has 26 heavy (non-hydrogen) atoms. The van der Waals surface area contributed by atoms with Crippen LogP contribution in [0.25, 0.3) is 11.2 Å². The number of aromatic nitrogens is 5. The summed E-state index contributed by atoms with van der Waals surface area (Å²) in [6.07, 6.45) is 3.60. The van der Waals surface area contributed by atoms with Crippen molar-refractivity contribution < 1.29 is 9.18 Å². The van der Waals surface area contributed by atoms with E-state index < -0.39 is 0 Å². The molecule has 7 nitrogen and oxygen atoms in total. The molecule has 3 aromatic rings. The van der Waals surface area contributed by atoms with Crippen molar-refractivity contribution in [2.24, 2.45) is 0 Å². The minimum absolute atomic E-state index is 0.123. The lowest BCUT2D eigenvalue weighted by Crippen LogP contribution is -2.29. The van der Waals surface area contributed by atoms with Crippen LogP contribution in [0.1, 0.15) is 18.4 Å². The summed E-state index contributed by atoms with van der Waals surface area (Å²) in [5.74, 6) is 0.176. The summed E-state index contributed by atoms with van der Waals surface area (Å²) in [4.78, 5) is 22.6. The van der Waals surface area contributed by atoms with E-state index in [-0.39, 0.29) is 11.7 Å². The van der Waals surface area contributed by atoms with Gasteiger partial charge in [0.05, 0.1) is 12.3 Å². The van der Waals surface area contributed by atoms with Crippen molar-refractivity contribution in [3.8, 4) is 0 Å². The summed E-state index contributed by atoms with van der Waals surface area (Å²) in [5.41, 5.74) is 2.07. The number of likely N-dealkylation sites (tertiary alicyclic amines) is 1. The molecule has 0 saturated carbocycles. The van der Waals surface area contributed by atoms with Crippen LogP contribution in [0.3, 0.4) is 0 Å². The molecule has 0 spiro atoms. The number of thioether (sulfide) groups is 1. The van der Waals surface area contributed by atoms with E-state index in [1.807, 2.05) is 4.90 Å². The molecule has 4 rings (SSSR count). The average molecular weight is 372 g/mol. The highest BCUT2D eigenvalue weighted by molar-refractivity contribution is 8.00. The number of halogens is 1. The first-order chi connectivity index (χ1) is 12.7. The molecule has 0 atom stereocenters. The highest BCUT2D eigenvalue weighted by Crippen LogP contribution is 2.23. The van der Waals surface area contributed by atoms with Crippen molar-refractivity contribution in [2.45, 2.75) is 24.4 Å². The fraction of sp³-hybridized carbons (Fsp3) is 0.353. The third-order valence-corrected chi connectivity index (χ3v) is 5.27. The van der Waals surface area contributed by atoms with E-state index in [1.54, 1.807) is 16.8 Å². The number of hydrogen-bond acceptors (Lipinski definition) is 6. The lowest BCUT2D eigenvalue weighted by Gasteiger charge is -2.14. The molecule has 0 radical (unpaired) electrons. The number of nitrogens with zero attached hydrogens (tertiary/aromatic N) is 6. The van der Waals surface area contributed by atoms with Crippen LogP contribution in [0.5, 0.6) is 0 Å². The Balaban J connectivity index is 1.51. The van der Waals surface area contributed by atoms with Gasteiger partial charge in [-0.1, -0.05) is 29.1 Å². The molecular weight excluding hydrogens is 355 g/mol. The van der Waals surface area contributed by atoms with E-state index in [9.17, 15) is 9.18 Å². The smallest absolute Gasteiger partial charge is 0.232 e. The molecule has 1 amide bonds. The minimum atomic E-state index is -0.277. The zero-order valence-corrected chi connectivity index (χ0v) is 14.8. The van der Waals surface area contributed by atoms with Gasteiger partial charge >= 0.3 is 0 Å². The molecule has 1 fully saturated rings. The van der Waals surface area contributed by atoms with E-state index >= 15 is 0 Å². The SMILES string of the molecule is O=C(CSc1ncnc2c1nnn2Cc1ccc(F)cc1)N1CCCC1. The van der Waals surface area contributed by atoms with Gasteiger partial charge in [-0.25, -0.2) is 19.0 Å². The summed E-state index contributed by atoms with van der Waals surface area (Å²) in [6, 6.07) is 6.23. The van der Waals surface area contributed by atoms with Crippen LogP contribution in [0.15, 0.2) is 35.6 Å². The van der Waals surface area contributed by atoms with Gasteiger partial charge in [-0.3, -0.25) is 4.79 Å². The number of benzene rings is 1. The Morgan fingerprint density at radius 1 is 1.15 bits per heavy atom. The molecule has 0 aliphatic carbocycles.